The summed E-state index contributed by atoms with van der Waals surface area (Å²) in [5.41, 5.74) is 4.21. The topological polar surface area (TPSA) is 53.6 Å². The maximum Gasteiger partial charge on any atom is 0.251 e. The smallest absolute Gasteiger partial charge is 0.251 e. The van der Waals surface area contributed by atoms with Crippen LogP contribution >= 0.6 is 0 Å². The molecule has 0 bridgehead atoms. The number of rotatable bonds is 7. The van der Waals surface area contributed by atoms with Crippen LogP contribution in [0.25, 0.3) is 11.1 Å². The van der Waals surface area contributed by atoms with Crippen molar-refractivity contribution in [1.29, 1.82) is 0 Å². The highest BCUT2D eigenvalue weighted by Crippen LogP contribution is 2.25. The monoisotopic (exact) mass is 353 g/mol. The molecular formula is C21H27N3O2. The predicted octanol–water partition coefficient (Wildman–Crippen LogP) is 2.53. The molecule has 2 aromatic rings. The SMILES string of the molecule is CCOCCNC(=O)c1ccc(-c2cccc(N3CCNCC3)c2)cc1. The minimum Gasteiger partial charge on any atom is -0.380 e. The van der Waals surface area contributed by atoms with Gasteiger partial charge in [0.25, 0.3) is 5.91 Å². The van der Waals surface area contributed by atoms with Gasteiger partial charge >= 0.3 is 0 Å². The molecular weight excluding hydrogens is 326 g/mol. The Hall–Kier alpha value is -2.37. The maximum atomic E-state index is 12.1. The minimum atomic E-state index is -0.0641. The number of carbonyl (C=O) groups is 1. The van der Waals surface area contributed by atoms with Crippen LogP contribution in [0.3, 0.4) is 0 Å². The summed E-state index contributed by atoms with van der Waals surface area (Å²) < 4.78 is 5.24. The number of anilines is 1. The molecule has 2 N–H and O–H groups in total. The normalized spacial score (nSPS) is 14.3. The highest BCUT2D eigenvalue weighted by molar-refractivity contribution is 5.94. The molecule has 0 aromatic heterocycles. The molecule has 1 amide bonds. The number of benzene rings is 2. The molecule has 1 aliphatic heterocycles. The van der Waals surface area contributed by atoms with Gasteiger partial charge in [-0.3, -0.25) is 4.79 Å². The van der Waals surface area contributed by atoms with Gasteiger partial charge in [-0.25, -0.2) is 0 Å². The fourth-order valence-electron chi connectivity index (χ4n) is 3.10. The Morgan fingerprint density at radius 1 is 1.12 bits per heavy atom. The number of hydrogen-bond acceptors (Lipinski definition) is 4. The van der Waals surface area contributed by atoms with Gasteiger partial charge in [-0.05, 0) is 42.3 Å². The first kappa shape index (κ1) is 18.4. The van der Waals surface area contributed by atoms with E-state index in [2.05, 4.69) is 39.8 Å². The van der Waals surface area contributed by atoms with Gasteiger partial charge in [-0.1, -0.05) is 24.3 Å². The fraction of sp³-hybridized carbons (Fsp3) is 0.381. The molecule has 138 valence electrons. The third-order valence-electron chi connectivity index (χ3n) is 4.54. The summed E-state index contributed by atoms with van der Waals surface area (Å²) in [4.78, 5) is 14.5. The highest BCUT2D eigenvalue weighted by atomic mass is 16.5. The van der Waals surface area contributed by atoms with Gasteiger partial charge in [-0.15, -0.1) is 0 Å². The van der Waals surface area contributed by atoms with Crippen molar-refractivity contribution in [2.75, 3.05) is 50.8 Å². The largest absolute Gasteiger partial charge is 0.380 e. The first-order valence-corrected chi connectivity index (χ1v) is 9.30. The van der Waals surface area contributed by atoms with E-state index in [-0.39, 0.29) is 5.91 Å². The zero-order valence-electron chi connectivity index (χ0n) is 15.3. The Bertz CT molecular complexity index is 709. The van der Waals surface area contributed by atoms with Crippen molar-refractivity contribution in [3.63, 3.8) is 0 Å². The van der Waals surface area contributed by atoms with Crippen molar-refractivity contribution >= 4 is 11.6 Å². The Balaban J connectivity index is 1.65. The number of ether oxygens (including phenoxy) is 1. The van der Waals surface area contributed by atoms with Gasteiger partial charge < -0.3 is 20.3 Å². The lowest BCUT2D eigenvalue weighted by molar-refractivity contribution is 0.0922. The molecule has 0 radical (unpaired) electrons. The van der Waals surface area contributed by atoms with Gasteiger partial charge in [0.15, 0.2) is 0 Å². The number of nitrogens with zero attached hydrogens (tertiary/aromatic N) is 1. The van der Waals surface area contributed by atoms with E-state index in [0.717, 1.165) is 31.7 Å². The van der Waals surface area contributed by atoms with E-state index in [9.17, 15) is 4.79 Å². The number of amides is 1. The molecule has 1 heterocycles. The van der Waals surface area contributed by atoms with E-state index in [0.29, 0.717) is 25.3 Å². The third-order valence-corrected chi connectivity index (χ3v) is 4.54. The molecule has 5 nitrogen and oxygen atoms in total. The summed E-state index contributed by atoms with van der Waals surface area (Å²) in [5.74, 6) is -0.0641. The molecule has 3 rings (SSSR count). The van der Waals surface area contributed by atoms with Crippen LogP contribution in [0.1, 0.15) is 17.3 Å². The first-order valence-electron chi connectivity index (χ1n) is 9.30. The standard InChI is InChI=1S/C21H27N3O2/c1-2-26-15-12-23-21(25)18-8-6-17(7-9-18)19-4-3-5-20(16-19)24-13-10-22-11-14-24/h3-9,16,22H,2,10-15H2,1H3,(H,23,25). The maximum absolute atomic E-state index is 12.1. The summed E-state index contributed by atoms with van der Waals surface area (Å²) in [7, 11) is 0. The van der Waals surface area contributed by atoms with E-state index in [4.69, 9.17) is 4.74 Å². The van der Waals surface area contributed by atoms with E-state index in [1.165, 1.54) is 11.3 Å². The first-order chi connectivity index (χ1) is 12.8. The zero-order chi connectivity index (χ0) is 18.2. The molecule has 0 saturated carbocycles. The van der Waals surface area contributed by atoms with Crippen LogP contribution in [0.2, 0.25) is 0 Å². The molecule has 0 atom stereocenters. The highest BCUT2D eigenvalue weighted by Gasteiger charge is 2.11. The van der Waals surface area contributed by atoms with Crippen molar-refractivity contribution in [2.24, 2.45) is 0 Å². The molecule has 0 spiro atoms. The fourth-order valence-corrected chi connectivity index (χ4v) is 3.10. The van der Waals surface area contributed by atoms with Crippen LogP contribution < -0.4 is 15.5 Å². The summed E-state index contributed by atoms with van der Waals surface area (Å²) in [6.07, 6.45) is 0. The summed E-state index contributed by atoms with van der Waals surface area (Å²) >= 11 is 0. The minimum absolute atomic E-state index is 0.0641. The second kappa shape index (κ2) is 9.36. The number of piperazine rings is 1. The second-order valence-electron chi connectivity index (χ2n) is 6.32. The second-order valence-corrected chi connectivity index (χ2v) is 6.32. The lowest BCUT2D eigenvalue weighted by atomic mass is 10.0. The van der Waals surface area contributed by atoms with Gasteiger partial charge in [-0.2, -0.15) is 0 Å². The van der Waals surface area contributed by atoms with E-state index in [1.807, 2.05) is 31.2 Å². The van der Waals surface area contributed by atoms with Crippen LogP contribution in [0, 0.1) is 0 Å². The lowest BCUT2D eigenvalue weighted by Crippen LogP contribution is -2.43. The van der Waals surface area contributed by atoms with Crippen molar-refractivity contribution in [3.05, 3.63) is 54.1 Å². The van der Waals surface area contributed by atoms with Crippen LogP contribution in [0.5, 0.6) is 0 Å². The summed E-state index contributed by atoms with van der Waals surface area (Å²) in [6, 6.07) is 16.4. The average molecular weight is 353 g/mol. The van der Waals surface area contributed by atoms with Crippen LogP contribution in [0.15, 0.2) is 48.5 Å². The molecule has 26 heavy (non-hydrogen) atoms. The third kappa shape index (κ3) is 4.84. The molecule has 0 aliphatic carbocycles. The average Bonchev–Trinajstić information content (AvgIpc) is 2.72. The molecule has 1 aliphatic rings. The van der Waals surface area contributed by atoms with Crippen molar-refractivity contribution in [1.82, 2.24) is 10.6 Å². The quantitative estimate of drug-likeness (QED) is 0.751. The lowest BCUT2D eigenvalue weighted by Gasteiger charge is -2.29. The Morgan fingerprint density at radius 2 is 1.88 bits per heavy atom. The number of carbonyl (C=O) groups excluding carboxylic acids is 1. The van der Waals surface area contributed by atoms with Crippen LogP contribution in [0.4, 0.5) is 5.69 Å². The Morgan fingerprint density at radius 3 is 2.62 bits per heavy atom. The summed E-state index contributed by atoms with van der Waals surface area (Å²) in [5, 5.41) is 6.25. The Labute approximate surface area is 155 Å². The van der Waals surface area contributed by atoms with Crippen molar-refractivity contribution < 1.29 is 9.53 Å². The van der Waals surface area contributed by atoms with E-state index < -0.39 is 0 Å². The molecule has 1 fully saturated rings. The number of nitrogens with one attached hydrogen (secondary N) is 2. The molecule has 2 aromatic carbocycles. The van der Waals surface area contributed by atoms with Gasteiger partial charge in [0.1, 0.15) is 0 Å². The Kier molecular flexibility index (Phi) is 6.63. The van der Waals surface area contributed by atoms with Crippen LogP contribution in [-0.2, 0) is 4.74 Å². The van der Waals surface area contributed by atoms with E-state index in [1.54, 1.807) is 0 Å². The van der Waals surface area contributed by atoms with Gasteiger partial charge in [0, 0.05) is 50.6 Å². The number of hydrogen-bond donors (Lipinski definition) is 2. The zero-order valence-corrected chi connectivity index (χ0v) is 15.3. The van der Waals surface area contributed by atoms with Gasteiger partial charge in [0.2, 0.25) is 0 Å². The molecule has 0 unspecified atom stereocenters. The summed E-state index contributed by atoms with van der Waals surface area (Å²) in [6.45, 7) is 7.79. The van der Waals surface area contributed by atoms with E-state index >= 15 is 0 Å². The van der Waals surface area contributed by atoms with Crippen LogP contribution in [-0.4, -0.2) is 51.8 Å². The van der Waals surface area contributed by atoms with Crippen molar-refractivity contribution in [2.45, 2.75) is 6.92 Å². The molecule has 5 heteroatoms. The van der Waals surface area contributed by atoms with Crippen molar-refractivity contribution in [3.8, 4) is 11.1 Å². The predicted molar refractivity (Wildman–Crippen MR) is 106 cm³/mol. The van der Waals surface area contributed by atoms with Gasteiger partial charge in [0.05, 0.1) is 6.61 Å². The molecule has 1 saturated heterocycles.